The van der Waals surface area contributed by atoms with Gasteiger partial charge in [-0.15, -0.1) is 0 Å². The molecule has 2 nitrogen and oxygen atoms in total. The molecule has 2 rings (SSSR count). The third-order valence-electron chi connectivity index (χ3n) is 3.46. The minimum Gasteiger partial charge on any atom is -0.345 e. The van der Waals surface area contributed by atoms with E-state index in [1.165, 1.54) is 12.8 Å². The summed E-state index contributed by atoms with van der Waals surface area (Å²) in [4.78, 5) is 13.5. The van der Waals surface area contributed by atoms with E-state index in [0.717, 1.165) is 18.9 Å². The van der Waals surface area contributed by atoms with Crippen molar-refractivity contribution in [3.05, 3.63) is 0 Å². The van der Waals surface area contributed by atoms with Crippen molar-refractivity contribution in [2.24, 2.45) is 17.8 Å². The predicted molar refractivity (Wildman–Crippen MR) is 47.6 cm³/mol. The fourth-order valence-electron chi connectivity index (χ4n) is 2.69. The van der Waals surface area contributed by atoms with Crippen molar-refractivity contribution in [2.75, 3.05) is 13.6 Å². The number of likely N-dealkylation sites (tertiary alicyclic amines) is 1. The minimum absolute atomic E-state index is 0.374. The number of carbonyl (C=O) groups is 1. The lowest BCUT2D eigenvalue weighted by Crippen LogP contribution is -2.26. The van der Waals surface area contributed by atoms with Gasteiger partial charge in [0.2, 0.25) is 5.91 Å². The second-order valence-corrected chi connectivity index (χ2v) is 4.50. The molecule has 0 aromatic heterocycles. The first-order chi connectivity index (χ1) is 5.68. The average Bonchev–Trinajstić information content (AvgIpc) is 2.31. The molecule has 1 aliphatic carbocycles. The first-order valence-corrected chi connectivity index (χ1v) is 4.93. The maximum absolute atomic E-state index is 11.6. The molecule has 1 aliphatic heterocycles. The summed E-state index contributed by atoms with van der Waals surface area (Å²) < 4.78 is 0. The highest BCUT2D eigenvalue weighted by Crippen LogP contribution is 2.38. The van der Waals surface area contributed by atoms with Crippen LogP contribution >= 0.6 is 0 Å². The van der Waals surface area contributed by atoms with Crippen molar-refractivity contribution in [2.45, 2.75) is 26.2 Å². The van der Waals surface area contributed by atoms with Crippen LogP contribution in [0.15, 0.2) is 0 Å². The Morgan fingerprint density at radius 2 is 2.17 bits per heavy atom. The zero-order chi connectivity index (χ0) is 8.72. The average molecular weight is 167 g/mol. The first kappa shape index (κ1) is 8.09. The van der Waals surface area contributed by atoms with E-state index in [4.69, 9.17) is 0 Å². The third kappa shape index (κ3) is 1.13. The summed E-state index contributed by atoms with van der Waals surface area (Å²) in [6.07, 6.45) is 3.72. The van der Waals surface area contributed by atoms with E-state index < -0.39 is 0 Å². The Morgan fingerprint density at radius 3 is 2.92 bits per heavy atom. The van der Waals surface area contributed by atoms with Gasteiger partial charge in [0.15, 0.2) is 0 Å². The van der Waals surface area contributed by atoms with Crippen LogP contribution in [0.25, 0.3) is 0 Å². The highest BCUT2D eigenvalue weighted by Gasteiger charge is 2.41. The van der Waals surface area contributed by atoms with Gasteiger partial charge in [0.1, 0.15) is 0 Å². The largest absolute Gasteiger partial charge is 0.345 e. The number of fused-ring (bicyclic) bond motifs is 1. The minimum atomic E-state index is 0.374. The van der Waals surface area contributed by atoms with Crippen LogP contribution in [0.1, 0.15) is 26.2 Å². The van der Waals surface area contributed by atoms with Crippen molar-refractivity contribution in [1.82, 2.24) is 4.90 Å². The molecule has 2 heteroatoms. The molecule has 2 fully saturated rings. The van der Waals surface area contributed by atoms with Gasteiger partial charge in [-0.05, 0) is 24.7 Å². The Bertz CT molecular complexity index is 202. The number of nitrogens with zero attached hydrogens (tertiary/aromatic N) is 1. The molecule has 2 aliphatic rings. The molecule has 1 heterocycles. The van der Waals surface area contributed by atoms with Gasteiger partial charge in [-0.1, -0.05) is 13.3 Å². The molecule has 3 atom stereocenters. The van der Waals surface area contributed by atoms with Crippen LogP contribution in [0, 0.1) is 17.8 Å². The number of carbonyl (C=O) groups excluding carboxylic acids is 1. The molecule has 0 aromatic carbocycles. The molecular weight excluding hydrogens is 150 g/mol. The molecule has 3 unspecified atom stereocenters. The Balaban J connectivity index is 2.10. The van der Waals surface area contributed by atoms with Gasteiger partial charge >= 0.3 is 0 Å². The predicted octanol–water partition coefficient (Wildman–Crippen LogP) is 1.51. The van der Waals surface area contributed by atoms with Crippen LogP contribution in [0.2, 0.25) is 0 Å². The summed E-state index contributed by atoms with van der Waals surface area (Å²) in [5, 5.41) is 0. The Labute approximate surface area is 73.9 Å². The summed E-state index contributed by atoms with van der Waals surface area (Å²) in [7, 11) is 1.94. The second-order valence-electron chi connectivity index (χ2n) is 4.50. The molecule has 0 radical (unpaired) electrons. The molecule has 1 saturated carbocycles. The monoisotopic (exact) mass is 167 g/mol. The van der Waals surface area contributed by atoms with Crippen LogP contribution in [0.3, 0.4) is 0 Å². The zero-order valence-corrected chi connectivity index (χ0v) is 7.92. The molecule has 12 heavy (non-hydrogen) atoms. The van der Waals surface area contributed by atoms with Crippen LogP contribution in [-0.2, 0) is 4.79 Å². The van der Waals surface area contributed by atoms with Gasteiger partial charge in [0, 0.05) is 19.5 Å². The second kappa shape index (κ2) is 2.75. The van der Waals surface area contributed by atoms with E-state index in [-0.39, 0.29) is 0 Å². The number of amides is 1. The molecule has 0 aromatic rings. The molecule has 0 spiro atoms. The van der Waals surface area contributed by atoms with E-state index in [0.29, 0.717) is 17.7 Å². The summed E-state index contributed by atoms with van der Waals surface area (Å²) >= 11 is 0. The third-order valence-corrected chi connectivity index (χ3v) is 3.46. The lowest BCUT2D eigenvalue weighted by Gasteiger charge is -2.26. The summed E-state index contributed by atoms with van der Waals surface area (Å²) in [6.45, 7) is 3.28. The molecule has 1 saturated heterocycles. The number of rotatable bonds is 0. The Hall–Kier alpha value is -0.530. The lowest BCUT2D eigenvalue weighted by molar-refractivity contribution is -0.130. The smallest absolute Gasteiger partial charge is 0.225 e. The Kier molecular flexibility index (Phi) is 1.85. The lowest BCUT2D eigenvalue weighted by atomic mass is 9.76. The first-order valence-electron chi connectivity index (χ1n) is 4.93. The van der Waals surface area contributed by atoms with E-state index >= 15 is 0 Å². The van der Waals surface area contributed by atoms with E-state index in [1.54, 1.807) is 0 Å². The van der Waals surface area contributed by atoms with Crippen molar-refractivity contribution < 1.29 is 4.79 Å². The van der Waals surface area contributed by atoms with Gasteiger partial charge in [-0.3, -0.25) is 4.79 Å². The molecule has 1 amide bonds. The van der Waals surface area contributed by atoms with Crippen LogP contribution in [-0.4, -0.2) is 24.4 Å². The maximum atomic E-state index is 11.6. The van der Waals surface area contributed by atoms with Gasteiger partial charge in [0.25, 0.3) is 0 Å². The summed E-state index contributed by atoms with van der Waals surface area (Å²) in [6, 6.07) is 0. The fourth-order valence-corrected chi connectivity index (χ4v) is 2.69. The van der Waals surface area contributed by atoms with Crippen LogP contribution < -0.4 is 0 Å². The standard InChI is InChI=1S/C10H17NO/c1-7-3-4-8-6-11(2)10(12)9(8)5-7/h7-9H,3-6H2,1-2H3. The highest BCUT2D eigenvalue weighted by molar-refractivity contribution is 5.81. The number of hydrogen-bond acceptors (Lipinski definition) is 1. The van der Waals surface area contributed by atoms with Crippen molar-refractivity contribution >= 4 is 5.91 Å². The SMILES string of the molecule is CC1CCC2CN(C)C(=O)C2C1. The van der Waals surface area contributed by atoms with E-state index in [1.807, 2.05) is 11.9 Å². The maximum Gasteiger partial charge on any atom is 0.225 e. The van der Waals surface area contributed by atoms with Crippen molar-refractivity contribution in [3.8, 4) is 0 Å². The van der Waals surface area contributed by atoms with Gasteiger partial charge in [-0.25, -0.2) is 0 Å². The van der Waals surface area contributed by atoms with Crippen LogP contribution in [0.5, 0.6) is 0 Å². The summed E-state index contributed by atoms with van der Waals surface area (Å²) in [5.74, 6) is 2.21. The van der Waals surface area contributed by atoms with Gasteiger partial charge < -0.3 is 4.90 Å². The quantitative estimate of drug-likeness (QED) is 0.535. The van der Waals surface area contributed by atoms with Crippen LogP contribution in [0.4, 0.5) is 0 Å². The van der Waals surface area contributed by atoms with Crippen molar-refractivity contribution in [3.63, 3.8) is 0 Å². The highest BCUT2D eigenvalue weighted by atomic mass is 16.2. The summed E-state index contributed by atoms with van der Waals surface area (Å²) in [5.41, 5.74) is 0. The van der Waals surface area contributed by atoms with Gasteiger partial charge in [-0.2, -0.15) is 0 Å². The molecule has 0 bridgehead atoms. The Morgan fingerprint density at radius 1 is 1.42 bits per heavy atom. The molecular formula is C10H17NO. The van der Waals surface area contributed by atoms with Crippen molar-refractivity contribution in [1.29, 1.82) is 0 Å². The normalized spacial score (nSPS) is 41.7. The molecule has 68 valence electrons. The zero-order valence-electron chi connectivity index (χ0n) is 7.92. The topological polar surface area (TPSA) is 20.3 Å². The van der Waals surface area contributed by atoms with Gasteiger partial charge in [0.05, 0.1) is 0 Å². The van der Waals surface area contributed by atoms with E-state index in [2.05, 4.69) is 6.92 Å². The number of hydrogen-bond donors (Lipinski definition) is 0. The molecule has 0 N–H and O–H groups in total. The fraction of sp³-hybridized carbons (Fsp3) is 0.900. The van der Waals surface area contributed by atoms with E-state index in [9.17, 15) is 4.79 Å².